The minimum atomic E-state index is 0.871. The second kappa shape index (κ2) is 11.1. The van der Waals surface area contributed by atoms with Gasteiger partial charge < -0.3 is 0 Å². The number of rotatable bonds is 9. The van der Waals surface area contributed by atoms with Crippen molar-refractivity contribution < 1.29 is 0 Å². The average Bonchev–Trinajstić information content (AvgIpc) is 2.10. The summed E-state index contributed by atoms with van der Waals surface area (Å²) in [7, 11) is 5.41. The highest BCUT2D eigenvalue weighted by atomic mass is 14.0. The Morgan fingerprint density at radius 2 is 1.08 bits per heavy atom. The monoisotopic (exact) mass is 166 g/mol. The number of hydrogen-bond acceptors (Lipinski definition) is 0. The zero-order valence-corrected chi connectivity index (χ0v) is 8.65. The molecule has 0 bridgehead atoms. The van der Waals surface area contributed by atoms with Gasteiger partial charge in [0.15, 0.2) is 0 Å². The van der Waals surface area contributed by atoms with Gasteiger partial charge in [0.25, 0.3) is 0 Å². The maximum absolute atomic E-state index is 5.41. The quantitative estimate of drug-likeness (QED) is 0.357. The Morgan fingerprint density at radius 1 is 0.667 bits per heavy atom. The van der Waals surface area contributed by atoms with Crippen LogP contribution in [0.25, 0.3) is 0 Å². The highest BCUT2D eigenvalue weighted by molar-refractivity contribution is 6.08. The lowest BCUT2D eigenvalue weighted by atomic mass is 9.98. The molecule has 70 valence electrons. The van der Waals surface area contributed by atoms with Crippen molar-refractivity contribution in [3.8, 4) is 0 Å². The van der Waals surface area contributed by atoms with Crippen molar-refractivity contribution in [1.82, 2.24) is 0 Å². The summed E-state index contributed by atoms with van der Waals surface area (Å²) in [5.41, 5.74) is 0. The predicted octanol–water partition coefficient (Wildman–Crippen LogP) is 4.10. The molecule has 0 N–H and O–H groups in total. The van der Waals surface area contributed by atoms with E-state index >= 15 is 0 Å². The molecule has 0 heterocycles. The third-order valence-corrected chi connectivity index (χ3v) is 2.31. The van der Waals surface area contributed by atoms with Crippen LogP contribution in [0.3, 0.4) is 0 Å². The van der Waals surface area contributed by atoms with Crippen molar-refractivity contribution in [3.05, 3.63) is 0 Å². The van der Waals surface area contributed by atoms with E-state index in [1.54, 1.807) is 0 Å². The van der Waals surface area contributed by atoms with Gasteiger partial charge in [0.05, 0.1) is 7.85 Å². The topological polar surface area (TPSA) is 0 Å². The molecule has 0 spiro atoms. The first-order valence-electron chi connectivity index (χ1n) is 5.62. The highest BCUT2D eigenvalue weighted by Crippen LogP contribution is 2.09. The molecule has 0 nitrogen and oxygen atoms in total. The van der Waals surface area contributed by atoms with E-state index in [1.807, 2.05) is 0 Å². The molecule has 0 unspecified atom stereocenters. The van der Waals surface area contributed by atoms with Gasteiger partial charge in [0, 0.05) is 0 Å². The highest BCUT2D eigenvalue weighted by Gasteiger charge is 1.90. The molecule has 0 fully saturated rings. The fourth-order valence-corrected chi connectivity index (χ4v) is 1.45. The molecular formula is C11H23B. The molecule has 0 amide bonds. The minimum absolute atomic E-state index is 0.871. The van der Waals surface area contributed by atoms with Crippen molar-refractivity contribution in [1.29, 1.82) is 0 Å². The fourth-order valence-electron chi connectivity index (χ4n) is 1.45. The molecule has 0 aliphatic heterocycles. The van der Waals surface area contributed by atoms with Gasteiger partial charge in [-0.3, -0.25) is 0 Å². The Balaban J connectivity index is 2.73. The second-order valence-electron chi connectivity index (χ2n) is 3.62. The third-order valence-electron chi connectivity index (χ3n) is 2.31. The molecule has 0 saturated carbocycles. The van der Waals surface area contributed by atoms with Gasteiger partial charge >= 0.3 is 0 Å². The Bertz CT molecular complexity index is 61.4. The van der Waals surface area contributed by atoms with Crippen LogP contribution < -0.4 is 0 Å². The predicted molar refractivity (Wildman–Crippen MR) is 57.8 cm³/mol. The van der Waals surface area contributed by atoms with Crippen LogP contribution in [-0.2, 0) is 0 Å². The maximum Gasteiger partial charge on any atom is 0.0653 e. The van der Waals surface area contributed by atoms with Crippen LogP contribution in [-0.4, -0.2) is 7.85 Å². The molecule has 0 aliphatic carbocycles. The van der Waals surface area contributed by atoms with Gasteiger partial charge in [-0.15, -0.1) is 0 Å². The lowest BCUT2D eigenvalue weighted by Crippen LogP contribution is -1.80. The lowest BCUT2D eigenvalue weighted by Gasteiger charge is -2.00. The second-order valence-corrected chi connectivity index (χ2v) is 3.62. The Hall–Kier alpha value is 0.0649. The lowest BCUT2D eigenvalue weighted by molar-refractivity contribution is 0.572. The first-order valence-corrected chi connectivity index (χ1v) is 5.62. The minimum Gasteiger partial charge on any atom is -0.0887 e. The summed E-state index contributed by atoms with van der Waals surface area (Å²) in [6.07, 6.45) is 13.3. The van der Waals surface area contributed by atoms with Crippen LogP contribution >= 0.6 is 0 Å². The number of hydrogen-bond donors (Lipinski definition) is 0. The fraction of sp³-hybridized carbons (Fsp3) is 1.00. The van der Waals surface area contributed by atoms with Gasteiger partial charge in [-0.1, -0.05) is 71.0 Å². The molecule has 1 heteroatoms. The van der Waals surface area contributed by atoms with E-state index in [2.05, 4.69) is 6.92 Å². The summed E-state index contributed by atoms with van der Waals surface area (Å²) in [6, 6.07) is 0. The smallest absolute Gasteiger partial charge is 0.0653 e. The normalized spacial score (nSPS) is 10.4. The molecule has 0 aromatic carbocycles. The van der Waals surface area contributed by atoms with Gasteiger partial charge in [-0.2, -0.15) is 0 Å². The van der Waals surface area contributed by atoms with Crippen LogP contribution in [0.1, 0.15) is 64.7 Å². The zero-order chi connectivity index (χ0) is 9.07. The van der Waals surface area contributed by atoms with E-state index < -0.39 is 0 Å². The van der Waals surface area contributed by atoms with Crippen LogP contribution in [0.4, 0.5) is 0 Å². The molecule has 0 atom stereocenters. The van der Waals surface area contributed by atoms with Crippen LogP contribution in [0, 0.1) is 0 Å². The van der Waals surface area contributed by atoms with Gasteiger partial charge in [0.1, 0.15) is 0 Å². The van der Waals surface area contributed by atoms with E-state index in [4.69, 9.17) is 7.85 Å². The van der Waals surface area contributed by atoms with Crippen molar-refractivity contribution in [2.45, 2.75) is 71.0 Å². The molecule has 12 heavy (non-hydrogen) atoms. The molecule has 0 aliphatic rings. The Labute approximate surface area is 79.5 Å². The number of unbranched alkanes of at least 4 members (excludes halogenated alkanes) is 8. The summed E-state index contributed by atoms with van der Waals surface area (Å²) in [5.74, 6) is 0. The van der Waals surface area contributed by atoms with Crippen molar-refractivity contribution in [2.24, 2.45) is 0 Å². The van der Waals surface area contributed by atoms with E-state index in [-0.39, 0.29) is 0 Å². The van der Waals surface area contributed by atoms with Gasteiger partial charge in [-0.05, 0) is 0 Å². The van der Waals surface area contributed by atoms with E-state index in [1.165, 1.54) is 57.8 Å². The van der Waals surface area contributed by atoms with Gasteiger partial charge in [0.2, 0.25) is 0 Å². The standard InChI is InChI=1S/C11H23B/c1-2-3-4-5-6-7-8-9-10-11-12/h2-11H2,1H3. The first-order chi connectivity index (χ1) is 5.91. The Morgan fingerprint density at radius 3 is 1.50 bits per heavy atom. The molecule has 0 aromatic rings. The summed E-state index contributed by atoms with van der Waals surface area (Å²) < 4.78 is 0. The summed E-state index contributed by atoms with van der Waals surface area (Å²) in [6.45, 7) is 2.27. The van der Waals surface area contributed by atoms with E-state index in [0.717, 1.165) is 6.32 Å². The van der Waals surface area contributed by atoms with Gasteiger partial charge in [-0.25, -0.2) is 0 Å². The average molecular weight is 166 g/mol. The first kappa shape index (κ1) is 12.1. The third kappa shape index (κ3) is 10.1. The van der Waals surface area contributed by atoms with Crippen LogP contribution in [0.15, 0.2) is 0 Å². The summed E-state index contributed by atoms with van der Waals surface area (Å²) in [5, 5.41) is 0. The van der Waals surface area contributed by atoms with Crippen LogP contribution in [0.5, 0.6) is 0 Å². The van der Waals surface area contributed by atoms with Crippen molar-refractivity contribution in [3.63, 3.8) is 0 Å². The summed E-state index contributed by atoms with van der Waals surface area (Å²) >= 11 is 0. The van der Waals surface area contributed by atoms with E-state index in [0.29, 0.717) is 0 Å². The molecular weight excluding hydrogens is 143 g/mol. The molecule has 0 saturated heterocycles. The molecule has 2 radical (unpaired) electrons. The summed E-state index contributed by atoms with van der Waals surface area (Å²) in [4.78, 5) is 0. The largest absolute Gasteiger partial charge is 0.0887 e. The molecule has 0 rings (SSSR count). The van der Waals surface area contributed by atoms with Crippen LogP contribution in [0.2, 0.25) is 6.32 Å². The van der Waals surface area contributed by atoms with E-state index in [9.17, 15) is 0 Å². The van der Waals surface area contributed by atoms with Crippen molar-refractivity contribution in [2.75, 3.05) is 0 Å². The zero-order valence-electron chi connectivity index (χ0n) is 8.65. The van der Waals surface area contributed by atoms with Crippen molar-refractivity contribution >= 4 is 7.85 Å². The molecule has 0 aromatic heterocycles. The maximum atomic E-state index is 5.41. The SMILES string of the molecule is [B]CCCCCCCCCCC. The Kier molecular flexibility index (Phi) is 11.1.